The van der Waals surface area contributed by atoms with E-state index in [1.807, 2.05) is 6.20 Å². The Morgan fingerprint density at radius 3 is 2.85 bits per heavy atom. The summed E-state index contributed by atoms with van der Waals surface area (Å²) >= 11 is 1.78. The van der Waals surface area contributed by atoms with Gasteiger partial charge in [-0.25, -0.2) is 4.98 Å². The maximum atomic E-state index is 4.89. The largest absolute Gasteiger partial charge is 0.357 e. The maximum absolute atomic E-state index is 4.89. The number of thiazole rings is 1. The highest BCUT2D eigenvalue weighted by Gasteiger charge is 2.32. The van der Waals surface area contributed by atoms with Crippen molar-refractivity contribution in [3.63, 3.8) is 0 Å². The van der Waals surface area contributed by atoms with Crippen molar-refractivity contribution in [3.8, 4) is 0 Å². The molecule has 1 aliphatic rings. The molecule has 0 aliphatic carbocycles. The minimum absolute atomic E-state index is 0.142. The summed E-state index contributed by atoms with van der Waals surface area (Å²) in [5, 5.41) is 2.47. The normalized spacial score (nSPS) is 17.3. The van der Waals surface area contributed by atoms with E-state index in [9.17, 15) is 0 Å². The molecule has 4 aromatic rings. The molecule has 4 nitrogen and oxygen atoms in total. The van der Waals surface area contributed by atoms with Gasteiger partial charge in [-0.15, -0.1) is 11.3 Å². The summed E-state index contributed by atoms with van der Waals surface area (Å²) in [4.78, 5) is 16.9. The van der Waals surface area contributed by atoms with Crippen LogP contribution < -0.4 is 0 Å². The first-order chi connectivity index (χ1) is 13.2. The van der Waals surface area contributed by atoms with Gasteiger partial charge in [0, 0.05) is 46.5 Å². The van der Waals surface area contributed by atoms with Gasteiger partial charge in [-0.2, -0.15) is 0 Å². The van der Waals surface area contributed by atoms with E-state index in [0.29, 0.717) is 0 Å². The molecule has 0 spiro atoms. The highest BCUT2D eigenvalue weighted by atomic mass is 32.1. The molecular formula is C22H22N4S. The first-order valence-electron chi connectivity index (χ1n) is 9.37. The van der Waals surface area contributed by atoms with Gasteiger partial charge in [0.15, 0.2) is 0 Å². The summed E-state index contributed by atoms with van der Waals surface area (Å²) in [6.07, 6.45) is 3.07. The van der Waals surface area contributed by atoms with Crippen molar-refractivity contribution in [2.45, 2.75) is 32.9 Å². The van der Waals surface area contributed by atoms with E-state index in [1.54, 1.807) is 11.3 Å². The number of aromatic amines is 1. The Bertz CT molecular complexity index is 1110. The minimum atomic E-state index is 0.142. The van der Waals surface area contributed by atoms with E-state index in [0.717, 1.165) is 35.9 Å². The molecule has 1 unspecified atom stereocenters. The highest BCUT2D eigenvalue weighted by Crippen LogP contribution is 2.38. The van der Waals surface area contributed by atoms with Gasteiger partial charge in [-0.3, -0.25) is 9.88 Å². The molecule has 3 aromatic heterocycles. The fourth-order valence-electron chi connectivity index (χ4n) is 4.19. The standard InChI is InChI=1S/C22H22N4S/c1-14-6-5-9-20(24-14)22-21-18(17-7-3-4-8-19(17)25-21)10-11-26(22)13-16-12-23-15(2)27-16/h3-9,12,22,25H,10-11,13H2,1-2H3. The van der Waals surface area contributed by atoms with Crippen LogP contribution in [-0.2, 0) is 13.0 Å². The van der Waals surface area contributed by atoms with Crippen molar-refractivity contribution in [3.05, 3.63) is 81.2 Å². The minimum Gasteiger partial charge on any atom is -0.357 e. The molecule has 1 aromatic carbocycles. The van der Waals surface area contributed by atoms with Gasteiger partial charge in [-0.05, 0) is 44.0 Å². The third-order valence-electron chi connectivity index (χ3n) is 5.35. The van der Waals surface area contributed by atoms with Gasteiger partial charge in [0.25, 0.3) is 0 Å². The molecule has 0 saturated heterocycles. The van der Waals surface area contributed by atoms with Crippen molar-refractivity contribution in [2.75, 3.05) is 6.54 Å². The lowest BCUT2D eigenvalue weighted by Crippen LogP contribution is -2.36. The van der Waals surface area contributed by atoms with Crippen LogP contribution in [0.2, 0.25) is 0 Å². The van der Waals surface area contributed by atoms with E-state index in [1.165, 1.54) is 27.0 Å². The smallest absolute Gasteiger partial charge is 0.0934 e. The molecule has 1 N–H and O–H groups in total. The van der Waals surface area contributed by atoms with Crippen LogP contribution in [0.4, 0.5) is 0 Å². The molecule has 0 radical (unpaired) electrons. The average Bonchev–Trinajstić information content (AvgIpc) is 3.24. The average molecular weight is 375 g/mol. The van der Waals surface area contributed by atoms with Gasteiger partial charge in [0.2, 0.25) is 0 Å². The molecule has 0 saturated carbocycles. The molecule has 0 fully saturated rings. The number of fused-ring (bicyclic) bond motifs is 3. The Labute approximate surface area is 162 Å². The van der Waals surface area contributed by atoms with Crippen LogP contribution >= 0.6 is 11.3 Å². The van der Waals surface area contributed by atoms with Crippen molar-refractivity contribution in [1.29, 1.82) is 0 Å². The summed E-state index contributed by atoms with van der Waals surface area (Å²) in [6, 6.07) is 15.1. The zero-order valence-electron chi connectivity index (χ0n) is 15.6. The first-order valence-corrected chi connectivity index (χ1v) is 10.2. The number of nitrogens with one attached hydrogen (secondary N) is 1. The number of H-pyrrole nitrogens is 1. The molecule has 1 aliphatic heterocycles. The lowest BCUT2D eigenvalue weighted by molar-refractivity contribution is 0.200. The van der Waals surface area contributed by atoms with E-state index in [4.69, 9.17) is 4.98 Å². The quantitative estimate of drug-likeness (QED) is 0.561. The third-order valence-corrected chi connectivity index (χ3v) is 6.25. The van der Waals surface area contributed by atoms with Crippen LogP contribution in [-0.4, -0.2) is 26.4 Å². The molecule has 136 valence electrons. The van der Waals surface area contributed by atoms with Gasteiger partial charge in [-0.1, -0.05) is 24.3 Å². The van der Waals surface area contributed by atoms with E-state index < -0.39 is 0 Å². The molecule has 0 bridgehead atoms. The topological polar surface area (TPSA) is 44.8 Å². The molecule has 5 heteroatoms. The Hall–Kier alpha value is -2.50. The van der Waals surface area contributed by atoms with Crippen molar-refractivity contribution >= 4 is 22.2 Å². The fourth-order valence-corrected chi connectivity index (χ4v) is 5.01. The van der Waals surface area contributed by atoms with E-state index in [-0.39, 0.29) is 6.04 Å². The number of hydrogen-bond donors (Lipinski definition) is 1. The SMILES string of the molecule is Cc1cccc(C2c3[nH]c4ccccc4c3CCN2Cc2cnc(C)s2)n1. The number of hydrogen-bond acceptors (Lipinski definition) is 4. The Balaban J connectivity index is 1.63. The van der Waals surface area contributed by atoms with Gasteiger partial charge >= 0.3 is 0 Å². The number of aryl methyl sites for hydroxylation is 2. The predicted molar refractivity (Wildman–Crippen MR) is 110 cm³/mol. The number of pyridine rings is 1. The molecule has 5 rings (SSSR count). The number of nitrogens with zero attached hydrogens (tertiary/aromatic N) is 3. The highest BCUT2D eigenvalue weighted by molar-refractivity contribution is 7.11. The predicted octanol–water partition coefficient (Wildman–Crippen LogP) is 4.78. The molecule has 4 heterocycles. The lowest BCUT2D eigenvalue weighted by Gasteiger charge is -2.35. The second kappa shape index (κ2) is 6.59. The zero-order valence-corrected chi connectivity index (χ0v) is 16.4. The van der Waals surface area contributed by atoms with Gasteiger partial charge < -0.3 is 4.98 Å². The second-order valence-electron chi connectivity index (χ2n) is 7.24. The first kappa shape index (κ1) is 16.7. The fraction of sp³-hybridized carbons (Fsp3) is 0.273. The lowest BCUT2D eigenvalue weighted by atomic mass is 9.94. The summed E-state index contributed by atoms with van der Waals surface area (Å²) < 4.78 is 0. The Morgan fingerprint density at radius 2 is 2.04 bits per heavy atom. The van der Waals surface area contributed by atoms with Crippen LogP contribution in [0.25, 0.3) is 10.9 Å². The van der Waals surface area contributed by atoms with Crippen LogP contribution in [0.3, 0.4) is 0 Å². The monoisotopic (exact) mass is 374 g/mol. The van der Waals surface area contributed by atoms with E-state index >= 15 is 0 Å². The van der Waals surface area contributed by atoms with Crippen molar-refractivity contribution < 1.29 is 0 Å². The van der Waals surface area contributed by atoms with Crippen molar-refractivity contribution in [1.82, 2.24) is 19.9 Å². The molecule has 1 atom stereocenters. The maximum Gasteiger partial charge on any atom is 0.0934 e. The number of benzene rings is 1. The zero-order chi connectivity index (χ0) is 18.4. The van der Waals surface area contributed by atoms with Gasteiger partial charge in [0.05, 0.1) is 16.7 Å². The Morgan fingerprint density at radius 1 is 1.15 bits per heavy atom. The molecule has 27 heavy (non-hydrogen) atoms. The number of rotatable bonds is 3. The van der Waals surface area contributed by atoms with Crippen LogP contribution in [0.5, 0.6) is 0 Å². The van der Waals surface area contributed by atoms with Crippen LogP contribution in [0, 0.1) is 13.8 Å². The number of para-hydroxylation sites is 1. The van der Waals surface area contributed by atoms with Gasteiger partial charge in [0.1, 0.15) is 0 Å². The van der Waals surface area contributed by atoms with E-state index in [2.05, 4.69) is 71.2 Å². The summed E-state index contributed by atoms with van der Waals surface area (Å²) in [6.45, 7) is 6.06. The van der Waals surface area contributed by atoms with Crippen molar-refractivity contribution in [2.24, 2.45) is 0 Å². The molecular weight excluding hydrogens is 352 g/mol. The number of aromatic nitrogens is 3. The summed E-state index contributed by atoms with van der Waals surface area (Å²) in [5.74, 6) is 0. The van der Waals surface area contributed by atoms with Crippen LogP contribution in [0.15, 0.2) is 48.7 Å². The molecule has 0 amide bonds. The Kier molecular flexibility index (Phi) is 4.06. The third kappa shape index (κ3) is 2.97. The summed E-state index contributed by atoms with van der Waals surface area (Å²) in [7, 11) is 0. The second-order valence-corrected chi connectivity index (χ2v) is 8.55. The van der Waals surface area contributed by atoms with Crippen LogP contribution in [0.1, 0.15) is 38.6 Å². The summed E-state index contributed by atoms with van der Waals surface area (Å²) in [5.41, 5.74) is 6.13.